The fourth-order valence-corrected chi connectivity index (χ4v) is 3.56. The topological polar surface area (TPSA) is 0 Å². The molecule has 0 radical (unpaired) electrons. The highest BCUT2D eigenvalue weighted by Crippen LogP contribution is 2.28. The Morgan fingerprint density at radius 2 is 1.60 bits per heavy atom. The molecule has 1 saturated carbocycles. The first kappa shape index (κ1) is 15.6. The van der Waals surface area contributed by atoms with E-state index >= 15 is 0 Å². The first-order chi connectivity index (χ1) is 9.88. The molecule has 0 amide bonds. The summed E-state index contributed by atoms with van der Waals surface area (Å²) in [7, 11) is 0. The predicted molar refractivity (Wildman–Crippen MR) is 89.2 cm³/mol. The molecule has 1 aliphatic rings. The van der Waals surface area contributed by atoms with Crippen LogP contribution in [-0.2, 0) is 12.8 Å². The predicted octanol–water partition coefficient (Wildman–Crippen LogP) is 6.32. The summed E-state index contributed by atoms with van der Waals surface area (Å²) in [5, 5.41) is 0. The molecular weight excluding hydrogens is 240 g/mol. The van der Waals surface area contributed by atoms with Gasteiger partial charge in [0.05, 0.1) is 0 Å². The summed E-state index contributed by atoms with van der Waals surface area (Å²) in [6.45, 7) is 2.27. The Bertz CT molecular complexity index is 360. The Kier molecular flexibility index (Phi) is 7.19. The molecule has 2 rings (SSSR count). The minimum absolute atomic E-state index is 1.06. The highest BCUT2D eigenvalue weighted by Gasteiger charge is 2.12. The first-order valence-corrected chi connectivity index (χ1v) is 8.96. The molecule has 0 spiro atoms. The zero-order chi connectivity index (χ0) is 14.0. The maximum Gasteiger partial charge on any atom is -0.0279 e. The van der Waals surface area contributed by atoms with Crippen molar-refractivity contribution in [1.29, 1.82) is 0 Å². The third kappa shape index (κ3) is 5.69. The quantitative estimate of drug-likeness (QED) is 0.486. The lowest BCUT2D eigenvalue weighted by Gasteiger charge is -2.21. The Morgan fingerprint density at radius 1 is 0.900 bits per heavy atom. The average molecular weight is 272 g/mol. The van der Waals surface area contributed by atoms with Crippen molar-refractivity contribution < 1.29 is 0 Å². The molecule has 20 heavy (non-hydrogen) atoms. The van der Waals surface area contributed by atoms with E-state index < -0.39 is 0 Å². The lowest BCUT2D eigenvalue weighted by atomic mass is 9.85. The Morgan fingerprint density at radius 3 is 2.30 bits per heavy atom. The second-order valence-electron chi connectivity index (χ2n) is 6.67. The Hall–Kier alpha value is -0.780. The molecule has 0 heteroatoms. The second-order valence-corrected chi connectivity index (χ2v) is 6.67. The number of unbranched alkanes of at least 4 members (excludes halogenated alkanes) is 2. The van der Waals surface area contributed by atoms with Crippen LogP contribution in [0.15, 0.2) is 24.3 Å². The minimum atomic E-state index is 1.06. The van der Waals surface area contributed by atoms with E-state index in [0.29, 0.717) is 0 Å². The van der Waals surface area contributed by atoms with Crippen LogP contribution < -0.4 is 0 Å². The van der Waals surface area contributed by atoms with Crippen molar-refractivity contribution in [2.45, 2.75) is 84.0 Å². The number of hydrogen-bond acceptors (Lipinski definition) is 0. The summed E-state index contributed by atoms with van der Waals surface area (Å²) in [4.78, 5) is 0. The van der Waals surface area contributed by atoms with Crippen LogP contribution in [0.3, 0.4) is 0 Å². The van der Waals surface area contributed by atoms with Gasteiger partial charge < -0.3 is 0 Å². The van der Waals surface area contributed by atoms with Crippen LogP contribution >= 0.6 is 0 Å². The van der Waals surface area contributed by atoms with Gasteiger partial charge in [0.15, 0.2) is 0 Å². The van der Waals surface area contributed by atoms with Gasteiger partial charge in [-0.05, 0) is 42.7 Å². The van der Waals surface area contributed by atoms with Crippen LogP contribution in [-0.4, -0.2) is 0 Å². The summed E-state index contributed by atoms with van der Waals surface area (Å²) in [6.07, 6.45) is 16.9. The van der Waals surface area contributed by atoms with Gasteiger partial charge in [-0.15, -0.1) is 0 Å². The molecule has 1 aromatic carbocycles. The monoisotopic (exact) mass is 272 g/mol. The van der Waals surface area contributed by atoms with E-state index in [2.05, 4.69) is 31.2 Å². The van der Waals surface area contributed by atoms with Crippen LogP contribution in [0.5, 0.6) is 0 Å². The third-order valence-corrected chi connectivity index (χ3v) is 4.86. The highest BCUT2D eigenvalue weighted by molar-refractivity contribution is 5.23. The van der Waals surface area contributed by atoms with Gasteiger partial charge >= 0.3 is 0 Å². The number of rotatable bonds is 8. The van der Waals surface area contributed by atoms with E-state index in [1.165, 1.54) is 82.6 Å². The molecule has 0 heterocycles. The summed E-state index contributed by atoms with van der Waals surface area (Å²) in [6, 6.07) is 9.30. The van der Waals surface area contributed by atoms with E-state index in [9.17, 15) is 0 Å². The number of hydrogen-bond donors (Lipinski definition) is 0. The van der Waals surface area contributed by atoms with Crippen molar-refractivity contribution in [3.8, 4) is 0 Å². The van der Waals surface area contributed by atoms with Crippen LogP contribution in [0.1, 0.15) is 82.3 Å². The molecule has 0 unspecified atom stereocenters. The Labute approximate surface area is 126 Å². The van der Waals surface area contributed by atoms with Crippen LogP contribution in [0.2, 0.25) is 0 Å². The Balaban J connectivity index is 1.65. The van der Waals surface area contributed by atoms with Gasteiger partial charge in [-0.3, -0.25) is 0 Å². The molecule has 1 aliphatic carbocycles. The van der Waals surface area contributed by atoms with Crippen molar-refractivity contribution in [2.75, 3.05) is 0 Å². The fourth-order valence-electron chi connectivity index (χ4n) is 3.56. The minimum Gasteiger partial charge on any atom is -0.0654 e. The van der Waals surface area contributed by atoms with E-state index in [-0.39, 0.29) is 0 Å². The SMILES string of the molecule is CCCCc1cccc(CCCCC2CCCCC2)c1. The molecule has 1 fully saturated rings. The maximum atomic E-state index is 2.44. The molecule has 0 saturated heterocycles. The number of aryl methyl sites for hydroxylation is 2. The smallest absolute Gasteiger partial charge is 0.0279 e. The summed E-state index contributed by atoms with van der Waals surface area (Å²) >= 11 is 0. The van der Waals surface area contributed by atoms with Crippen molar-refractivity contribution in [1.82, 2.24) is 0 Å². The average Bonchev–Trinajstić information content (AvgIpc) is 2.51. The van der Waals surface area contributed by atoms with Crippen molar-refractivity contribution in [2.24, 2.45) is 5.92 Å². The molecular formula is C20H32. The molecule has 1 aromatic rings. The number of benzene rings is 1. The van der Waals surface area contributed by atoms with E-state index in [4.69, 9.17) is 0 Å². The van der Waals surface area contributed by atoms with Gasteiger partial charge in [0.2, 0.25) is 0 Å². The zero-order valence-corrected chi connectivity index (χ0v) is 13.4. The van der Waals surface area contributed by atoms with Gasteiger partial charge in [-0.1, -0.05) is 82.6 Å². The summed E-state index contributed by atoms with van der Waals surface area (Å²) in [5.41, 5.74) is 3.10. The van der Waals surface area contributed by atoms with E-state index in [1.54, 1.807) is 5.56 Å². The molecule has 0 atom stereocenters. The summed E-state index contributed by atoms with van der Waals surface area (Å²) in [5.74, 6) is 1.06. The van der Waals surface area contributed by atoms with Gasteiger partial charge in [0, 0.05) is 0 Å². The highest BCUT2D eigenvalue weighted by atomic mass is 14.2. The third-order valence-electron chi connectivity index (χ3n) is 4.86. The van der Waals surface area contributed by atoms with Crippen molar-refractivity contribution in [3.63, 3.8) is 0 Å². The zero-order valence-electron chi connectivity index (χ0n) is 13.4. The maximum absolute atomic E-state index is 2.44. The van der Waals surface area contributed by atoms with Crippen molar-refractivity contribution in [3.05, 3.63) is 35.4 Å². The molecule has 0 nitrogen and oxygen atoms in total. The van der Waals surface area contributed by atoms with E-state index in [1.807, 2.05) is 0 Å². The molecule has 0 N–H and O–H groups in total. The van der Waals surface area contributed by atoms with Gasteiger partial charge in [0.25, 0.3) is 0 Å². The van der Waals surface area contributed by atoms with Gasteiger partial charge in [-0.2, -0.15) is 0 Å². The molecule has 0 aliphatic heterocycles. The van der Waals surface area contributed by atoms with Crippen LogP contribution in [0.4, 0.5) is 0 Å². The normalized spacial score (nSPS) is 16.4. The standard InChI is InChI=1S/C20H32/c1-2-3-10-19-15-9-16-20(17-19)14-8-7-13-18-11-5-4-6-12-18/h9,15-18H,2-8,10-14H2,1H3. The largest absolute Gasteiger partial charge is 0.0654 e. The molecule has 0 bridgehead atoms. The fraction of sp³-hybridized carbons (Fsp3) is 0.700. The first-order valence-electron chi connectivity index (χ1n) is 8.96. The van der Waals surface area contributed by atoms with E-state index in [0.717, 1.165) is 5.92 Å². The lowest BCUT2D eigenvalue weighted by molar-refractivity contribution is 0.330. The summed E-state index contributed by atoms with van der Waals surface area (Å²) < 4.78 is 0. The van der Waals surface area contributed by atoms with Gasteiger partial charge in [0.1, 0.15) is 0 Å². The molecule has 0 aromatic heterocycles. The lowest BCUT2D eigenvalue weighted by Crippen LogP contribution is -2.05. The molecule has 112 valence electrons. The van der Waals surface area contributed by atoms with Gasteiger partial charge in [-0.25, -0.2) is 0 Å². The second kappa shape index (κ2) is 9.21. The van der Waals surface area contributed by atoms with Crippen LogP contribution in [0.25, 0.3) is 0 Å². The van der Waals surface area contributed by atoms with Crippen LogP contribution in [0, 0.1) is 5.92 Å². The van der Waals surface area contributed by atoms with Crippen molar-refractivity contribution >= 4 is 0 Å².